The van der Waals surface area contributed by atoms with Crippen LogP contribution in [0.3, 0.4) is 0 Å². The molecule has 19 heavy (non-hydrogen) atoms. The quantitative estimate of drug-likeness (QED) is 0.847. The first-order valence-electron chi connectivity index (χ1n) is 6.44. The molecule has 6 nitrogen and oxygen atoms in total. The predicted octanol–water partition coefficient (Wildman–Crippen LogP) is 0.374. The van der Waals surface area contributed by atoms with Gasteiger partial charge in [0, 0.05) is 32.5 Å². The Bertz CT molecular complexity index is 474. The summed E-state index contributed by atoms with van der Waals surface area (Å²) in [7, 11) is 0. The van der Waals surface area contributed by atoms with E-state index in [0.717, 1.165) is 10.0 Å². The van der Waals surface area contributed by atoms with Gasteiger partial charge in [0.2, 0.25) is 11.8 Å². The molecule has 1 aromatic heterocycles. The Labute approximate surface area is 116 Å². The van der Waals surface area contributed by atoms with E-state index in [9.17, 15) is 9.59 Å². The van der Waals surface area contributed by atoms with E-state index >= 15 is 0 Å². The van der Waals surface area contributed by atoms with Crippen molar-refractivity contribution in [3.63, 3.8) is 0 Å². The summed E-state index contributed by atoms with van der Waals surface area (Å²) in [4.78, 5) is 25.2. The Morgan fingerprint density at radius 1 is 1.53 bits per heavy atom. The fourth-order valence-electron chi connectivity index (χ4n) is 2.13. The molecule has 104 valence electrons. The second-order valence-corrected chi connectivity index (χ2v) is 5.86. The largest absolute Gasteiger partial charge is 0.355 e. The van der Waals surface area contributed by atoms with Gasteiger partial charge in [-0.3, -0.25) is 9.59 Å². The van der Waals surface area contributed by atoms with Crippen molar-refractivity contribution in [2.45, 2.75) is 26.7 Å². The first kappa shape index (κ1) is 13.9. The lowest BCUT2D eigenvalue weighted by Gasteiger charge is -2.13. The number of aromatic nitrogens is 2. The number of hydrogen-bond donors (Lipinski definition) is 1. The van der Waals surface area contributed by atoms with Crippen molar-refractivity contribution in [2.24, 2.45) is 5.92 Å². The third kappa shape index (κ3) is 3.50. The summed E-state index contributed by atoms with van der Waals surface area (Å²) >= 11 is 1.54. The average Bonchev–Trinajstić information content (AvgIpc) is 2.95. The minimum Gasteiger partial charge on any atom is -0.355 e. The molecular weight excluding hydrogens is 264 g/mol. The van der Waals surface area contributed by atoms with Crippen molar-refractivity contribution in [3.05, 3.63) is 10.0 Å². The van der Waals surface area contributed by atoms with Gasteiger partial charge in [-0.05, 0) is 13.8 Å². The van der Waals surface area contributed by atoms with E-state index in [1.165, 1.54) is 0 Å². The lowest BCUT2D eigenvalue weighted by molar-refractivity contribution is -0.128. The first-order chi connectivity index (χ1) is 9.10. The predicted molar refractivity (Wildman–Crippen MR) is 71.7 cm³/mol. The monoisotopic (exact) mass is 282 g/mol. The van der Waals surface area contributed by atoms with Crippen molar-refractivity contribution in [1.82, 2.24) is 20.4 Å². The standard InChI is InChI=1S/C12H18N4O2S/c1-3-16-7-9(6-11(16)17)12(18)13-5-4-10-15-14-8(2)19-10/h9H,3-7H2,1-2H3,(H,13,18)/t9-/m1/s1. The number of carbonyl (C=O) groups is 2. The fraction of sp³-hybridized carbons (Fsp3) is 0.667. The first-order valence-corrected chi connectivity index (χ1v) is 7.26. The molecular formula is C12H18N4O2S. The van der Waals surface area contributed by atoms with Gasteiger partial charge < -0.3 is 10.2 Å². The molecule has 0 radical (unpaired) electrons. The van der Waals surface area contributed by atoms with Crippen LogP contribution in [0.5, 0.6) is 0 Å². The van der Waals surface area contributed by atoms with Gasteiger partial charge in [-0.1, -0.05) is 0 Å². The van der Waals surface area contributed by atoms with Crippen LogP contribution in [-0.4, -0.2) is 46.5 Å². The van der Waals surface area contributed by atoms with Gasteiger partial charge in [0.25, 0.3) is 0 Å². The fourth-order valence-corrected chi connectivity index (χ4v) is 2.84. The zero-order valence-electron chi connectivity index (χ0n) is 11.2. The Hall–Kier alpha value is -1.50. The lowest BCUT2D eigenvalue weighted by Crippen LogP contribution is -2.34. The zero-order chi connectivity index (χ0) is 13.8. The number of carbonyl (C=O) groups excluding carboxylic acids is 2. The van der Waals surface area contributed by atoms with E-state index in [0.29, 0.717) is 32.5 Å². The van der Waals surface area contributed by atoms with Crippen molar-refractivity contribution in [2.75, 3.05) is 19.6 Å². The number of nitrogens with zero attached hydrogens (tertiary/aromatic N) is 3. The normalized spacial score (nSPS) is 18.9. The van der Waals surface area contributed by atoms with Gasteiger partial charge in [-0.15, -0.1) is 21.5 Å². The summed E-state index contributed by atoms with van der Waals surface area (Å²) in [6.45, 7) is 5.59. The third-order valence-corrected chi connectivity index (χ3v) is 4.07. The molecule has 1 aliphatic rings. The molecule has 2 rings (SSSR count). The smallest absolute Gasteiger partial charge is 0.225 e. The molecule has 1 N–H and O–H groups in total. The maximum absolute atomic E-state index is 11.9. The van der Waals surface area contributed by atoms with Crippen molar-refractivity contribution >= 4 is 23.2 Å². The number of likely N-dealkylation sites (tertiary alicyclic amines) is 1. The summed E-state index contributed by atoms with van der Waals surface area (Å²) in [6.07, 6.45) is 1.02. The number of rotatable bonds is 5. The molecule has 0 bridgehead atoms. The molecule has 2 amide bonds. The summed E-state index contributed by atoms with van der Waals surface area (Å²) in [5, 5.41) is 12.7. The van der Waals surface area contributed by atoms with Crippen LogP contribution in [0.15, 0.2) is 0 Å². The second-order valence-electron chi connectivity index (χ2n) is 4.59. The highest BCUT2D eigenvalue weighted by atomic mass is 32.1. The maximum atomic E-state index is 11.9. The van der Waals surface area contributed by atoms with Crippen LogP contribution in [-0.2, 0) is 16.0 Å². The van der Waals surface area contributed by atoms with Crippen molar-refractivity contribution < 1.29 is 9.59 Å². The number of amides is 2. The van der Waals surface area contributed by atoms with E-state index in [1.54, 1.807) is 16.2 Å². The zero-order valence-corrected chi connectivity index (χ0v) is 12.0. The summed E-state index contributed by atoms with van der Waals surface area (Å²) < 4.78 is 0. The van der Waals surface area contributed by atoms with Crippen molar-refractivity contribution in [3.8, 4) is 0 Å². The SMILES string of the molecule is CCN1C[C@H](C(=O)NCCc2nnc(C)s2)CC1=O. The highest BCUT2D eigenvalue weighted by Gasteiger charge is 2.32. The molecule has 1 atom stereocenters. The Balaban J connectivity index is 1.74. The summed E-state index contributed by atoms with van der Waals surface area (Å²) in [6, 6.07) is 0. The highest BCUT2D eigenvalue weighted by Crippen LogP contribution is 2.17. The molecule has 1 saturated heterocycles. The number of hydrogen-bond acceptors (Lipinski definition) is 5. The highest BCUT2D eigenvalue weighted by molar-refractivity contribution is 7.11. The third-order valence-electron chi connectivity index (χ3n) is 3.17. The van der Waals surface area contributed by atoms with E-state index < -0.39 is 0 Å². The van der Waals surface area contributed by atoms with Crippen LogP contribution >= 0.6 is 11.3 Å². The van der Waals surface area contributed by atoms with Crippen LogP contribution < -0.4 is 5.32 Å². The van der Waals surface area contributed by atoms with Gasteiger partial charge in [-0.25, -0.2) is 0 Å². The Morgan fingerprint density at radius 2 is 2.32 bits per heavy atom. The summed E-state index contributed by atoms with van der Waals surface area (Å²) in [5.74, 6) is -0.170. The van der Waals surface area contributed by atoms with Gasteiger partial charge in [0.1, 0.15) is 10.0 Å². The molecule has 2 heterocycles. The molecule has 0 unspecified atom stereocenters. The molecule has 0 saturated carbocycles. The van der Waals surface area contributed by atoms with Crippen LogP contribution in [0.25, 0.3) is 0 Å². The van der Waals surface area contributed by atoms with Crippen LogP contribution in [0.2, 0.25) is 0 Å². The van der Waals surface area contributed by atoms with E-state index in [4.69, 9.17) is 0 Å². The number of aryl methyl sites for hydroxylation is 1. The second kappa shape index (κ2) is 6.10. The van der Waals surface area contributed by atoms with Gasteiger partial charge in [0.05, 0.1) is 5.92 Å². The topological polar surface area (TPSA) is 75.2 Å². The Kier molecular flexibility index (Phi) is 4.47. The average molecular weight is 282 g/mol. The van der Waals surface area contributed by atoms with E-state index in [-0.39, 0.29) is 17.7 Å². The minimum absolute atomic E-state index is 0.0365. The molecule has 1 aliphatic heterocycles. The van der Waals surface area contributed by atoms with Crippen LogP contribution in [0.1, 0.15) is 23.4 Å². The minimum atomic E-state index is -0.205. The molecule has 0 spiro atoms. The molecule has 7 heteroatoms. The van der Waals surface area contributed by atoms with Gasteiger partial charge in [-0.2, -0.15) is 0 Å². The molecule has 0 aromatic carbocycles. The van der Waals surface area contributed by atoms with Crippen LogP contribution in [0, 0.1) is 12.8 Å². The number of nitrogens with one attached hydrogen (secondary N) is 1. The van der Waals surface area contributed by atoms with Crippen LogP contribution in [0.4, 0.5) is 0 Å². The summed E-state index contributed by atoms with van der Waals surface area (Å²) in [5.41, 5.74) is 0. The molecule has 1 fully saturated rings. The van der Waals surface area contributed by atoms with Crippen molar-refractivity contribution in [1.29, 1.82) is 0 Å². The lowest BCUT2D eigenvalue weighted by atomic mass is 10.1. The maximum Gasteiger partial charge on any atom is 0.225 e. The van der Waals surface area contributed by atoms with Gasteiger partial charge in [0.15, 0.2) is 0 Å². The van der Waals surface area contributed by atoms with E-state index in [1.807, 2.05) is 13.8 Å². The van der Waals surface area contributed by atoms with E-state index in [2.05, 4.69) is 15.5 Å². The molecule has 1 aromatic rings. The Morgan fingerprint density at radius 3 is 2.89 bits per heavy atom. The molecule has 0 aliphatic carbocycles. The van der Waals surface area contributed by atoms with Gasteiger partial charge >= 0.3 is 0 Å².